The Morgan fingerprint density at radius 3 is 2.62 bits per heavy atom. The quantitative estimate of drug-likeness (QED) is 0.757. The molecule has 2 heteroatoms. The molecule has 0 bridgehead atoms. The molecule has 0 fully saturated rings. The molecule has 16 heavy (non-hydrogen) atoms. The van der Waals surface area contributed by atoms with Gasteiger partial charge in [0.1, 0.15) is 0 Å². The van der Waals surface area contributed by atoms with E-state index in [4.69, 9.17) is 0 Å². The number of thioether (sulfide) groups is 1. The summed E-state index contributed by atoms with van der Waals surface area (Å²) in [5, 5.41) is 3.48. The molecule has 1 nitrogen and oxygen atoms in total. The number of aryl methyl sites for hydroxylation is 1. The molecule has 0 saturated heterocycles. The molecule has 0 spiro atoms. The normalized spacial score (nSPS) is 13.1. The fourth-order valence-corrected chi connectivity index (χ4v) is 2.48. The summed E-state index contributed by atoms with van der Waals surface area (Å²) in [6, 6.07) is 9.32. The van der Waals surface area contributed by atoms with Gasteiger partial charge >= 0.3 is 0 Å². The van der Waals surface area contributed by atoms with E-state index in [1.807, 2.05) is 11.8 Å². The first-order valence-electron chi connectivity index (χ1n) is 6.00. The van der Waals surface area contributed by atoms with Crippen LogP contribution in [0.5, 0.6) is 0 Å². The van der Waals surface area contributed by atoms with E-state index in [-0.39, 0.29) is 0 Å². The Morgan fingerprint density at radius 2 is 2.00 bits per heavy atom. The number of benzene rings is 1. The molecule has 0 aliphatic carbocycles. The Hall–Kier alpha value is -0.470. The highest BCUT2D eigenvalue weighted by molar-refractivity contribution is 7.99. The minimum atomic E-state index is 0.589. The van der Waals surface area contributed by atoms with Crippen LogP contribution in [0.1, 0.15) is 26.3 Å². The van der Waals surface area contributed by atoms with Crippen molar-refractivity contribution in [2.75, 3.05) is 12.3 Å². The monoisotopic (exact) mass is 237 g/mol. The van der Waals surface area contributed by atoms with E-state index in [1.54, 1.807) is 0 Å². The van der Waals surface area contributed by atoms with Gasteiger partial charge in [-0.1, -0.05) is 38.5 Å². The molecule has 0 amide bonds. The van der Waals surface area contributed by atoms with Gasteiger partial charge in [0.2, 0.25) is 0 Å². The number of nitrogens with one attached hydrogen (secondary N) is 1. The van der Waals surface area contributed by atoms with E-state index in [1.165, 1.54) is 16.2 Å². The van der Waals surface area contributed by atoms with Crippen molar-refractivity contribution >= 4 is 11.8 Å². The van der Waals surface area contributed by atoms with E-state index in [0.717, 1.165) is 6.54 Å². The largest absolute Gasteiger partial charge is 0.314 e. The van der Waals surface area contributed by atoms with Crippen molar-refractivity contribution in [2.24, 2.45) is 5.92 Å². The van der Waals surface area contributed by atoms with E-state index in [9.17, 15) is 0 Å². The predicted octanol–water partition coefficient (Wildman–Crippen LogP) is 3.72. The van der Waals surface area contributed by atoms with Crippen LogP contribution >= 0.6 is 11.8 Å². The van der Waals surface area contributed by atoms with Crippen molar-refractivity contribution in [1.29, 1.82) is 0 Å². The lowest BCUT2D eigenvalue weighted by Crippen LogP contribution is -2.28. The lowest BCUT2D eigenvalue weighted by molar-refractivity contribution is 0.510. The maximum Gasteiger partial charge on any atom is 0.00746 e. The number of rotatable bonds is 6. The van der Waals surface area contributed by atoms with E-state index in [2.05, 4.69) is 57.3 Å². The van der Waals surface area contributed by atoms with Gasteiger partial charge in [-0.05, 0) is 31.5 Å². The Morgan fingerprint density at radius 1 is 1.25 bits per heavy atom. The summed E-state index contributed by atoms with van der Waals surface area (Å²) in [6.45, 7) is 9.95. The number of hydrogen-bond donors (Lipinski definition) is 1. The Bertz CT molecular complexity index is 309. The zero-order valence-electron chi connectivity index (χ0n) is 10.8. The highest BCUT2D eigenvalue weighted by Gasteiger charge is 2.04. The van der Waals surface area contributed by atoms with Crippen molar-refractivity contribution in [3.8, 4) is 0 Å². The van der Waals surface area contributed by atoms with Gasteiger partial charge in [-0.25, -0.2) is 0 Å². The molecule has 0 saturated carbocycles. The summed E-state index contributed by atoms with van der Waals surface area (Å²) < 4.78 is 0. The minimum Gasteiger partial charge on any atom is -0.314 e. The summed E-state index contributed by atoms with van der Waals surface area (Å²) in [6.07, 6.45) is 0. The third kappa shape index (κ3) is 5.57. The molecule has 1 N–H and O–H groups in total. The molecule has 90 valence electrons. The van der Waals surface area contributed by atoms with E-state index >= 15 is 0 Å². The van der Waals surface area contributed by atoms with Crippen molar-refractivity contribution in [2.45, 2.75) is 38.6 Å². The van der Waals surface area contributed by atoms with Gasteiger partial charge in [0.25, 0.3) is 0 Å². The molecule has 0 aliphatic rings. The first-order chi connectivity index (χ1) is 7.58. The fourth-order valence-electron chi connectivity index (χ4n) is 1.44. The Kier molecular flexibility index (Phi) is 5.93. The third-order valence-corrected chi connectivity index (χ3v) is 3.72. The van der Waals surface area contributed by atoms with Crippen LogP contribution < -0.4 is 5.32 Å². The topological polar surface area (TPSA) is 12.0 Å². The highest BCUT2D eigenvalue weighted by atomic mass is 32.2. The van der Waals surface area contributed by atoms with Crippen LogP contribution in [0.25, 0.3) is 0 Å². The molecular formula is C14H23NS. The smallest absolute Gasteiger partial charge is 0.00746 e. The maximum atomic E-state index is 3.48. The standard InChI is InChI=1S/C14H23NS/c1-11(2)15-9-13(4)10-16-14-7-5-6-12(3)8-14/h5-8,11,13,15H,9-10H2,1-4H3. The van der Waals surface area contributed by atoms with E-state index in [0.29, 0.717) is 12.0 Å². The van der Waals surface area contributed by atoms with Crippen molar-refractivity contribution in [3.63, 3.8) is 0 Å². The first-order valence-corrected chi connectivity index (χ1v) is 6.99. The molecule has 0 heterocycles. The van der Waals surface area contributed by atoms with Crippen molar-refractivity contribution < 1.29 is 0 Å². The maximum absolute atomic E-state index is 3.48. The first kappa shape index (κ1) is 13.6. The van der Waals surface area contributed by atoms with Crippen LogP contribution in [0.2, 0.25) is 0 Å². The van der Waals surface area contributed by atoms with Gasteiger partial charge in [-0.15, -0.1) is 11.8 Å². The molecule has 0 aromatic heterocycles. The van der Waals surface area contributed by atoms with Gasteiger partial charge in [0.15, 0.2) is 0 Å². The summed E-state index contributed by atoms with van der Waals surface area (Å²) in [5.41, 5.74) is 1.35. The molecular weight excluding hydrogens is 214 g/mol. The minimum absolute atomic E-state index is 0.589. The van der Waals surface area contributed by atoms with Crippen molar-refractivity contribution in [3.05, 3.63) is 29.8 Å². The lowest BCUT2D eigenvalue weighted by atomic mass is 10.2. The van der Waals surface area contributed by atoms with Gasteiger partial charge in [0.05, 0.1) is 0 Å². The Balaban J connectivity index is 2.28. The predicted molar refractivity (Wildman–Crippen MR) is 74.2 cm³/mol. The fraction of sp³-hybridized carbons (Fsp3) is 0.571. The van der Waals surface area contributed by atoms with Gasteiger partial charge < -0.3 is 5.32 Å². The molecule has 0 aliphatic heterocycles. The molecule has 1 aromatic rings. The van der Waals surface area contributed by atoms with Crippen LogP contribution in [-0.4, -0.2) is 18.3 Å². The van der Waals surface area contributed by atoms with Crippen LogP contribution in [-0.2, 0) is 0 Å². The molecule has 1 atom stereocenters. The summed E-state index contributed by atoms with van der Waals surface area (Å²) in [5.74, 6) is 1.90. The average Bonchev–Trinajstić information content (AvgIpc) is 2.23. The second-order valence-corrected chi connectivity index (χ2v) is 5.89. The molecule has 1 unspecified atom stereocenters. The average molecular weight is 237 g/mol. The SMILES string of the molecule is Cc1cccc(SCC(C)CNC(C)C)c1. The van der Waals surface area contributed by atoms with E-state index < -0.39 is 0 Å². The van der Waals surface area contributed by atoms with Crippen LogP contribution in [0.15, 0.2) is 29.2 Å². The number of hydrogen-bond acceptors (Lipinski definition) is 2. The summed E-state index contributed by atoms with van der Waals surface area (Å²) in [7, 11) is 0. The van der Waals surface area contributed by atoms with Gasteiger partial charge in [0, 0.05) is 16.7 Å². The van der Waals surface area contributed by atoms with Crippen LogP contribution in [0.3, 0.4) is 0 Å². The van der Waals surface area contributed by atoms with Gasteiger partial charge in [-0.2, -0.15) is 0 Å². The molecule has 1 rings (SSSR count). The third-order valence-electron chi connectivity index (χ3n) is 2.40. The van der Waals surface area contributed by atoms with Crippen LogP contribution in [0, 0.1) is 12.8 Å². The Labute approximate surface area is 104 Å². The molecule has 0 radical (unpaired) electrons. The second kappa shape index (κ2) is 6.97. The molecule has 1 aromatic carbocycles. The second-order valence-electron chi connectivity index (χ2n) is 4.80. The zero-order chi connectivity index (χ0) is 12.0. The highest BCUT2D eigenvalue weighted by Crippen LogP contribution is 2.21. The van der Waals surface area contributed by atoms with Gasteiger partial charge in [-0.3, -0.25) is 0 Å². The van der Waals surface area contributed by atoms with Crippen molar-refractivity contribution in [1.82, 2.24) is 5.32 Å². The summed E-state index contributed by atoms with van der Waals surface area (Å²) in [4.78, 5) is 1.39. The zero-order valence-corrected chi connectivity index (χ0v) is 11.6. The van der Waals surface area contributed by atoms with Crippen LogP contribution in [0.4, 0.5) is 0 Å². The lowest BCUT2D eigenvalue weighted by Gasteiger charge is -2.14. The summed E-state index contributed by atoms with van der Waals surface area (Å²) >= 11 is 1.95.